The van der Waals surface area contributed by atoms with Crippen molar-refractivity contribution < 1.29 is 0 Å². The molecular formula is C9H15NS. The maximum absolute atomic E-state index is 5.76. The monoisotopic (exact) mass is 169 g/mol. The number of nitrogens with two attached hydrogens (primary N) is 1. The second kappa shape index (κ2) is 2.86. The van der Waals surface area contributed by atoms with Crippen LogP contribution in [0.3, 0.4) is 0 Å². The van der Waals surface area contributed by atoms with Crippen LogP contribution in [0.4, 0.5) is 5.69 Å². The molecule has 0 unspecified atom stereocenters. The molecule has 0 bridgehead atoms. The van der Waals surface area contributed by atoms with Crippen molar-refractivity contribution in [2.45, 2.75) is 27.2 Å². The van der Waals surface area contributed by atoms with E-state index < -0.39 is 0 Å². The van der Waals surface area contributed by atoms with Gasteiger partial charge < -0.3 is 5.73 Å². The van der Waals surface area contributed by atoms with Crippen LogP contribution in [0.5, 0.6) is 0 Å². The Balaban J connectivity index is 2.72. The van der Waals surface area contributed by atoms with E-state index in [1.807, 2.05) is 5.38 Å². The van der Waals surface area contributed by atoms with Gasteiger partial charge in [0.25, 0.3) is 0 Å². The summed E-state index contributed by atoms with van der Waals surface area (Å²) < 4.78 is 0. The number of hydrogen-bond acceptors (Lipinski definition) is 2. The Kier molecular flexibility index (Phi) is 2.23. The molecule has 1 aromatic rings. The predicted octanol–water partition coefficient (Wildman–Crippen LogP) is 2.92. The quantitative estimate of drug-likeness (QED) is 0.687. The Bertz CT molecular complexity index is 232. The Hall–Kier alpha value is -0.500. The van der Waals surface area contributed by atoms with Gasteiger partial charge in [0.15, 0.2) is 0 Å². The summed E-state index contributed by atoms with van der Waals surface area (Å²) in [5.74, 6) is 0. The SMILES string of the molecule is CC(C)(C)Cc1cscc1N. The number of hydrogen-bond donors (Lipinski definition) is 1. The second-order valence-electron chi connectivity index (χ2n) is 4.09. The highest BCUT2D eigenvalue weighted by Gasteiger charge is 2.13. The Labute approximate surface area is 72.2 Å². The maximum Gasteiger partial charge on any atom is 0.0455 e. The first-order valence-electron chi connectivity index (χ1n) is 3.79. The van der Waals surface area contributed by atoms with E-state index in [4.69, 9.17) is 5.73 Å². The largest absolute Gasteiger partial charge is 0.398 e. The molecule has 0 saturated carbocycles. The van der Waals surface area contributed by atoms with Crippen LogP contribution in [-0.2, 0) is 6.42 Å². The molecule has 0 aliphatic rings. The van der Waals surface area contributed by atoms with Gasteiger partial charge in [0.1, 0.15) is 0 Å². The minimum absolute atomic E-state index is 0.342. The molecule has 1 heterocycles. The molecule has 0 fully saturated rings. The number of thiophene rings is 1. The first kappa shape index (κ1) is 8.60. The summed E-state index contributed by atoms with van der Waals surface area (Å²) in [5, 5.41) is 4.14. The summed E-state index contributed by atoms with van der Waals surface area (Å²) in [5.41, 5.74) is 8.34. The van der Waals surface area contributed by atoms with E-state index in [-0.39, 0.29) is 0 Å². The zero-order valence-corrected chi connectivity index (χ0v) is 8.16. The van der Waals surface area contributed by atoms with Crippen molar-refractivity contribution in [3.05, 3.63) is 16.3 Å². The molecule has 0 spiro atoms. The fourth-order valence-corrected chi connectivity index (χ4v) is 1.80. The van der Waals surface area contributed by atoms with Gasteiger partial charge in [0.05, 0.1) is 0 Å². The van der Waals surface area contributed by atoms with E-state index in [2.05, 4.69) is 26.2 Å². The van der Waals surface area contributed by atoms with Crippen LogP contribution in [-0.4, -0.2) is 0 Å². The third kappa shape index (κ3) is 2.54. The third-order valence-corrected chi connectivity index (χ3v) is 2.31. The minimum Gasteiger partial charge on any atom is -0.398 e. The van der Waals surface area contributed by atoms with Gasteiger partial charge in [-0.25, -0.2) is 0 Å². The summed E-state index contributed by atoms with van der Waals surface area (Å²) in [4.78, 5) is 0. The van der Waals surface area contributed by atoms with Gasteiger partial charge in [-0.3, -0.25) is 0 Å². The molecule has 62 valence electrons. The predicted molar refractivity (Wildman–Crippen MR) is 51.9 cm³/mol. The summed E-state index contributed by atoms with van der Waals surface area (Å²) >= 11 is 1.68. The molecule has 0 amide bonds. The molecule has 0 aromatic carbocycles. The normalized spacial score (nSPS) is 11.9. The number of anilines is 1. The fourth-order valence-electron chi connectivity index (χ4n) is 1.05. The van der Waals surface area contributed by atoms with E-state index in [9.17, 15) is 0 Å². The highest BCUT2D eigenvalue weighted by Crippen LogP contribution is 2.26. The second-order valence-corrected chi connectivity index (χ2v) is 4.83. The summed E-state index contributed by atoms with van der Waals surface area (Å²) in [6.07, 6.45) is 1.07. The molecule has 1 aromatic heterocycles. The van der Waals surface area contributed by atoms with Crippen molar-refractivity contribution in [2.24, 2.45) is 5.41 Å². The molecule has 0 aliphatic carbocycles. The average Bonchev–Trinajstić information content (AvgIpc) is 2.12. The molecule has 1 rings (SSSR count). The summed E-state index contributed by atoms with van der Waals surface area (Å²) in [7, 11) is 0. The van der Waals surface area contributed by atoms with Crippen molar-refractivity contribution in [3.8, 4) is 0 Å². The van der Waals surface area contributed by atoms with Gasteiger partial charge in [-0.2, -0.15) is 0 Å². The molecule has 0 aliphatic heterocycles. The van der Waals surface area contributed by atoms with Gasteiger partial charge in [-0.05, 0) is 22.8 Å². The van der Waals surface area contributed by atoms with Crippen LogP contribution in [0, 0.1) is 5.41 Å². The Morgan fingerprint density at radius 1 is 1.36 bits per heavy atom. The highest BCUT2D eigenvalue weighted by atomic mass is 32.1. The molecule has 0 saturated heterocycles. The van der Waals surface area contributed by atoms with Crippen molar-refractivity contribution in [3.63, 3.8) is 0 Å². The van der Waals surface area contributed by atoms with Gasteiger partial charge in [0.2, 0.25) is 0 Å². The van der Waals surface area contributed by atoms with Crippen LogP contribution >= 0.6 is 11.3 Å². The van der Waals surface area contributed by atoms with Crippen LogP contribution in [0.15, 0.2) is 10.8 Å². The smallest absolute Gasteiger partial charge is 0.0455 e. The van der Waals surface area contributed by atoms with Crippen LogP contribution in [0.2, 0.25) is 0 Å². The Morgan fingerprint density at radius 3 is 2.36 bits per heavy atom. The van der Waals surface area contributed by atoms with Gasteiger partial charge in [-0.1, -0.05) is 20.8 Å². The molecule has 11 heavy (non-hydrogen) atoms. The molecule has 1 nitrogen and oxygen atoms in total. The lowest BCUT2D eigenvalue weighted by molar-refractivity contribution is 0.412. The molecule has 0 radical (unpaired) electrons. The van der Waals surface area contributed by atoms with Gasteiger partial charge in [-0.15, -0.1) is 11.3 Å². The van der Waals surface area contributed by atoms with Crippen LogP contribution in [0.25, 0.3) is 0 Å². The number of rotatable bonds is 1. The summed E-state index contributed by atoms with van der Waals surface area (Å²) in [6.45, 7) is 6.68. The average molecular weight is 169 g/mol. The third-order valence-electron chi connectivity index (χ3n) is 1.50. The number of nitrogen functional groups attached to an aromatic ring is 1. The van der Waals surface area contributed by atoms with E-state index in [0.29, 0.717) is 5.41 Å². The zero-order chi connectivity index (χ0) is 8.48. The van der Waals surface area contributed by atoms with Gasteiger partial charge >= 0.3 is 0 Å². The fraction of sp³-hybridized carbons (Fsp3) is 0.556. The van der Waals surface area contributed by atoms with Crippen molar-refractivity contribution >= 4 is 17.0 Å². The maximum atomic E-state index is 5.76. The Morgan fingerprint density at radius 2 is 2.00 bits per heavy atom. The summed E-state index contributed by atoms with van der Waals surface area (Å²) in [6, 6.07) is 0. The lowest BCUT2D eigenvalue weighted by Crippen LogP contribution is -2.09. The van der Waals surface area contributed by atoms with E-state index in [1.54, 1.807) is 11.3 Å². The van der Waals surface area contributed by atoms with Gasteiger partial charge in [0, 0.05) is 11.1 Å². The zero-order valence-electron chi connectivity index (χ0n) is 7.35. The van der Waals surface area contributed by atoms with E-state index in [0.717, 1.165) is 12.1 Å². The first-order chi connectivity index (χ1) is 4.99. The minimum atomic E-state index is 0.342. The van der Waals surface area contributed by atoms with Crippen molar-refractivity contribution in [1.29, 1.82) is 0 Å². The lowest BCUT2D eigenvalue weighted by atomic mass is 9.89. The molecular weight excluding hydrogens is 154 g/mol. The van der Waals surface area contributed by atoms with Crippen LogP contribution in [0.1, 0.15) is 26.3 Å². The van der Waals surface area contributed by atoms with E-state index in [1.165, 1.54) is 5.56 Å². The molecule has 2 N–H and O–H groups in total. The first-order valence-corrected chi connectivity index (χ1v) is 4.74. The topological polar surface area (TPSA) is 26.0 Å². The lowest BCUT2D eigenvalue weighted by Gasteiger charge is -2.17. The highest BCUT2D eigenvalue weighted by molar-refractivity contribution is 7.08. The van der Waals surface area contributed by atoms with Crippen molar-refractivity contribution in [2.75, 3.05) is 5.73 Å². The van der Waals surface area contributed by atoms with Crippen molar-refractivity contribution in [1.82, 2.24) is 0 Å². The van der Waals surface area contributed by atoms with E-state index >= 15 is 0 Å². The standard InChI is InChI=1S/C9H15NS/c1-9(2,3)4-7-5-11-6-8(7)10/h5-6H,4,10H2,1-3H3. The molecule has 0 atom stereocenters. The molecule has 2 heteroatoms. The van der Waals surface area contributed by atoms with Crippen LogP contribution < -0.4 is 5.73 Å².